The van der Waals surface area contributed by atoms with Crippen molar-refractivity contribution >= 4 is 38.9 Å². The minimum Gasteiger partial charge on any atom is -0.376 e. The number of aryl methyl sites for hydroxylation is 2. The first-order chi connectivity index (χ1) is 12.1. The Morgan fingerprint density at radius 1 is 1.08 bits per heavy atom. The van der Waals surface area contributed by atoms with Crippen LogP contribution in [0, 0.1) is 13.8 Å². The molecule has 0 saturated carbocycles. The lowest BCUT2D eigenvalue weighted by Gasteiger charge is -2.15. The van der Waals surface area contributed by atoms with Gasteiger partial charge >= 0.3 is 0 Å². The van der Waals surface area contributed by atoms with E-state index >= 15 is 0 Å². The van der Waals surface area contributed by atoms with Crippen LogP contribution in [0.4, 0.5) is 11.4 Å². The molecule has 0 atom stereocenters. The van der Waals surface area contributed by atoms with Crippen molar-refractivity contribution in [3.63, 3.8) is 0 Å². The van der Waals surface area contributed by atoms with E-state index in [4.69, 9.17) is 11.6 Å². The number of carbonyl (C=O) groups is 1. The Balaban J connectivity index is 2.11. The molecule has 0 heterocycles. The summed E-state index contributed by atoms with van der Waals surface area (Å²) < 4.78 is 25.9. The number of rotatable bonds is 6. The van der Waals surface area contributed by atoms with E-state index in [0.29, 0.717) is 16.3 Å². The minimum atomic E-state index is -3.58. The summed E-state index contributed by atoms with van der Waals surface area (Å²) in [5, 5.41) is 6.31. The Morgan fingerprint density at radius 3 is 2.38 bits per heavy atom. The Hall–Kier alpha value is -2.09. The van der Waals surface area contributed by atoms with E-state index < -0.39 is 10.0 Å². The Kier molecular flexibility index (Phi) is 6.28. The highest BCUT2D eigenvalue weighted by Gasteiger charge is 2.20. The maximum Gasteiger partial charge on any atom is 0.243 e. The molecule has 2 N–H and O–H groups in total. The van der Waals surface area contributed by atoms with Gasteiger partial charge in [-0.2, -0.15) is 0 Å². The van der Waals surface area contributed by atoms with Crippen molar-refractivity contribution in [1.82, 2.24) is 4.31 Å². The van der Waals surface area contributed by atoms with Gasteiger partial charge in [0, 0.05) is 30.5 Å². The largest absolute Gasteiger partial charge is 0.376 e. The number of benzene rings is 2. The van der Waals surface area contributed by atoms with Gasteiger partial charge in [0.15, 0.2) is 0 Å². The molecule has 0 fully saturated rings. The second kappa shape index (κ2) is 8.07. The highest BCUT2D eigenvalue weighted by atomic mass is 35.5. The summed E-state index contributed by atoms with van der Waals surface area (Å²) in [6, 6.07) is 10.2. The summed E-state index contributed by atoms with van der Waals surface area (Å²) in [5.41, 5.74) is 2.78. The van der Waals surface area contributed by atoms with Gasteiger partial charge in [0.25, 0.3) is 0 Å². The van der Waals surface area contributed by atoms with Crippen LogP contribution in [-0.4, -0.2) is 39.3 Å². The molecule has 6 nitrogen and oxygen atoms in total. The summed E-state index contributed by atoms with van der Waals surface area (Å²) >= 11 is 5.96. The highest BCUT2D eigenvalue weighted by Crippen LogP contribution is 2.23. The molecule has 2 rings (SSSR count). The topological polar surface area (TPSA) is 78.5 Å². The standard InChI is InChI=1S/C18H22ClN3O3S/c1-12-5-7-14(19)9-16(12)20-11-18(23)21-15-8-6-13(2)17(10-15)26(24,25)22(3)4/h5-10,20H,11H2,1-4H3,(H,21,23). The number of anilines is 2. The van der Waals surface area contributed by atoms with Crippen molar-refractivity contribution in [3.8, 4) is 0 Å². The third-order valence-corrected chi connectivity index (χ3v) is 6.06. The lowest BCUT2D eigenvalue weighted by molar-refractivity contribution is -0.114. The molecule has 2 aromatic rings. The number of hydrogen-bond donors (Lipinski definition) is 2. The van der Waals surface area contributed by atoms with Crippen LogP contribution in [0.15, 0.2) is 41.3 Å². The van der Waals surface area contributed by atoms with Gasteiger partial charge in [-0.15, -0.1) is 0 Å². The molecule has 0 unspecified atom stereocenters. The average molecular weight is 396 g/mol. The maximum absolute atomic E-state index is 12.4. The van der Waals surface area contributed by atoms with Gasteiger partial charge in [0.1, 0.15) is 0 Å². The molecule has 0 bridgehead atoms. The molecular formula is C18H22ClN3O3S. The first-order valence-electron chi connectivity index (χ1n) is 7.94. The summed E-state index contributed by atoms with van der Waals surface area (Å²) in [6.45, 7) is 3.66. The van der Waals surface area contributed by atoms with Gasteiger partial charge in [-0.3, -0.25) is 4.79 Å². The average Bonchev–Trinajstić information content (AvgIpc) is 2.57. The number of sulfonamides is 1. The molecule has 0 aliphatic rings. The van der Waals surface area contributed by atoms with Crippen molar-refractivity contribution < 1.29 is 13.2 Å². The van der Waals surface area contributed by atoms with Gasteiger partial charge in [0.05, 0.1) is 11.4 Å². The summed E-state index contributed by atoms with van der Waals surface area (Å²) in [4.78, 5) is 12.4. The minimum absolute atomic E-state index is 0.0326. The van der Waals surface area contributed by atoms with Crippen molar-refractivity contribution in [2.45, 2.75) is 18.7 Å². The molecule has 0 saturated heterocycles. The van der Waals surface area contributed by atoms with Crippen LogP contribution in [0.1, 0.15) is 11.1 Å². The van der Waals surface area contributed by atoms with Crippen molar-refractivity contribution in [2.24, 2.45) is 0 Å². The zero-order chi connectivity index (χ0) is 19.5. The Bertz CT molecular complexity index is 927. The Morgan fingerprint density at radius 2 is 1.73 bits per heavy atom. The summed E-state index contributed by atoms with van der Waals surface area (Å²) in [5.74, 6) is -0.290. The molecule has 0 aliphatic carbocycles. The third-order valence-electron chi connectivity index (χ3n) is 3.87. The summed E-state index contributed by atoms with van der Waals surface area (Å²) in [7, 11) is -0.641. The molecule has 8 heteroatoms. The van der Waals surface area contributed by atoms with Gasteiger partial charge in [0.2, 0.25) is 15.9 Å². The van der Waals surface area contributed by atoms with Crippen LogP contribution >= 0.6 is 11.6 Å². The molecule has 140 valence electrons. The predicted molar refractivity (Wildman–Crippen MR) is 105 cm³/mol. The van der Waals surface area contributed by atoms with Gasteiger partial charge < -0.3 is 10.6 Å². The van der Waals surface area contributed by atoms with E-state index in [2.05, 4.69) is 10.6 Å². The van der Waals surface area contributed by atoms with E-state index in [-0.39, 0.29) is 17.3 Å². The summed E-state index contributed by atoms with van der Waals surface area (Å²) in [6.07, 6.45) is 0. The van der Waals surface area contributed by atoms with Crippen molar-refractivity contribution in [2.75, 3.05) is 31.3 Å². The van der Waals surface area contributed by atoms with E-state index in [9.17, 15) is 13.2 Å². The van der Waals surface area contributed by atoms with Crippen LogP contribution < -0.4 is 10.6 Å². The molecule has 2 aromatic carbocycles. The monoisotopic (exact) mass is 395 g/mol. The van der Waals surface area contributed by atoms with Crippen LogP contribution in [0.2, 0.25) is 5.02 Å². The van der Waals surface area contributed by atoms with E-state index in [1.165, 1.54) is 20.2 Å². The van der Waals surface area contributed by atoms with Crippen LogP contribution in [0.5, 0.6) is 0 Å². The zero-order valence-electron chi connectivity index (χ0n) is 15.1. The van der Waals surface area contributed by atoms with Gasteiger partial charge in [-0.1, -0.05) is 23.7 Å². The van der Waals surface area contributed by atoms with Crippen LogP contribution in [0.25, 0.3) is 0 Å². The lowest BCUT2D eigenvalue weighted by atomic mass is 10.2. The fourth-order valence-electron chi connectivity index (χ4n) is 2.32. The van der Waals surface area contributed by atoms with Gasteiger partial charge in [-0.25, -0.2) is 12.7 Å². The highest BCUT2D eigenvalue weighted by molar-refractivity contribution is 7.89. The van der Waals surface area contributed by atoms with Crippen LogP contribution in [0.3, 0.4) is 0 Å². The number of nitrogens with one attached hydrogen (secondary N) is 2. The SMILES string of the molecule is Cc1ccc(Cl)cc1NCC(=O)Nc1ccc(C)c(S(=O)(=O)N(C)C)c1. The molecule has 0 aromatic heterocycles. The lowest BCUT2D eigenvalue weighted by Crippen LogP contribution is -2.24. The smallest absolute Gasteiger partial charge is 0.243 e. The number of halogens is 1. The predicted octanol–water partition coefficient (Wildman–Crippen LogP) is 3.26. The van der Waals surface area contributed by atoms with E-state index in [0.717, 1.165) is 15.6 Å². The molecule has 26 heavy (non-hydrogen) atoms. The maximum atomic E-state index is 12.4. The molecule has 1 amide bonds. The van der Waals surface area contributed by atoms with Crippen molar-refractivity contribution in [1.29, 1.82) is 0 Å². The van der Waals surface area contributed by atoms with Gasteiger partial charge in [-0.05, 0) is 49.2 Å². The fraction of sp³-hybridized carbons (Fsp3) is 0.278. The number of hydrogen-bond acceptors (Lipinski definition) is 4. The second-order valence-electron chi connectivity index (χ2n) is 6.13. The molecule has 0 spiro atoms. The fourth-order valence-corrected chi connectivity index (χ4v) is 3.63. The van der Waals surface area contributed by atoms with Crippen molar-refractivity contribution in [3.05, 3.63) is 52.5 Å². The normalized spacial score (nSPS) is 11.5. The zero-order valence-corrected chi connectivity index (χ0v) is 16.7. The first kappa shape index (κ1) is 20.2. The third kappa shape index (κ3) is 4.75. The quantitative estimate of drug-likeness (QED) is 0.786. The number of carbonyl (C=O) groups excluding carboxylic acids is 1. The second-order valence-corrected chi connectivity index (χ2v) is 8.69. The Labute approximate surface area is 159 Å². The molecular weight excluding hydrogens is 374 g/mol. The first-order valence-corrected chi connectivity index (χ1v) is 9.76. The molecule has 0 radical (unpaired) electrons. The number of amides is 1. The van der Waals surface area contributed by atoms with E-state index in [1.807, 2.05) is 13.0 Å². The van der Waals surface area contributed by atoms with E-state index in [1.54, 1.807) is 31.2 Å². The molecule has 0 aliphatic heterocycles. The number of nitrogens with zero attached hydrogens (tertiary/aromatic N) is 1. The van der Waals surface area contributed by atoms with Crippen LogP contribution in [-0.2, 0) is 14.8 Å².